The van der Waals surface area contributed by atoms with Gasteiger partial charge in [0.25, 0.3) is 0 Å². The summed E-state index contributed by atoms with van der Waals surface area (Å²) in [4.78, 5) is 0. The molecule has 0 atom stereocenters. The van der Waals surface area contributed by atoms with Crippen LogP contribution in [0.5, 0.6) is 11.5 Å². The van der Waals surface area contributed by atoms with E-state index < -0.39 is 0 Å². The molecule has 0 aliphatic carbocycles. The summed E-state index contributed by atoms with van der Waals surface area (Å²) in [5.74, 6) is 1.35. The maximum absolute atomic E-state index is 9.26. The molecule has 0 bridgehead atoms. The van der Waals surface area contributed by atoms with Crippen molar-refractivity contribution in [1.82, 2.24) is 0 Å². The monoisotopic (exact) mass is 224 g/mol. The summed E-state index contributed by atoms with van der Waals surface area (Å²) in [5, 5.41) is 9.26. The van der Waals surface area contributed by atoms with Gasteiger partial charge in [0.05, 0.1) is 19.8 Å². The summed E-state index contributed by atoms with van der Waals surface area (Å²) in [6.07, 6.45) is 2.06. The molecule has 1 rings (SSSR count). The highest BCUT2D eigenvalue weighted by Crippen LogP contribution is 2.32. The molecule has 0 heterocycles. The highest BCUT2D eigenvalue weighted by molar-refractivity contribution is 5.46. The number of hydrogen-bond acceptors (Lipinski definition) is 3. The third kappa shape index (κ3) is 2.89. The third-order valence-electron chi connectivity index (χ3n) is 2.65. The van der Waals surface area contributed by atoms with Gasteiger partial charge in [0.1, 0.15) is 0 Å². The molecular weight excluding hydrogens is 204 g/mol. The van der Waals surface area contributed by atoms with Crippen LogP contribution in [0.2, 0.25) is 0 Å². The van der Waals surface area contributed by atoms with Gasteiger partial charge in [0.15, 0.2) is 11.5 Å². The number of hydrogen-bond donors (Lipinski definition) is 1. The fourth-order valence-corrected chi connectivity index (χ4v) is 1.60. The van der Waals surface area contributed by atoms with Gasteiger partial charge in [-0.25, -0.2) is 0 Å². The Labute approximate surface area is 97.0 Å². The van der Waals surface area contributed by atoms with Crippen LogP contribution in [0.15, 0.2) is 18.2 Å². The van der Waals surface area contributed by atoms with E-state index >= 15 is 0 Å². The Kier molecular flexibility index (Phi) is 5.12. The van der Waals surface area contributed by atoms with E-state index in [1.54, 1.807) is 7.11 Å². The van der Waals surface area contributed by atoms with Crippen molar-refractivity contribution in [2.45, 2.75) is 39.4 Å². The van der Waals surface area contributed by atoms with Crippen molar-refractivity contribution < 1.29 is 14.6 Å². The van der Waals surface area contributed by atoms with Crippen LogP contribution >= 0.6 is 0 Å². The van der Waals surface area contributed by atoms with Crippen LogP contribution in [0.25, 0.3) is 0 Å². The molecule has 1 aromatic rings. The number of aliphatic hydroxyl groups excluding tert-OH is 1. The Morgan fingerprint density at radius 2 is 1.94 bits per heavy atom. The minimum atomic E-state index is -0.0350. The minimum Gasteiger partial charge on any atom is -0.493 e. The van der Waals surface area contributed by atoms with E-state index in [4.69, 9.17) is 9.47 Å². The Balaban J connectivity index is 2.98. The molecule has 0 spiro atoms. The summed E-state index contributed by atoms with van der Waals surface area (Å²) >= 11 is 0. The summed E-state index contributed by atoms with van der Waals surface area (Å²) in [5.41, 5.74) is 0.770. The van der Waals surface area contributed by atoms with Crippen LogP contribution in [0, 0.1) is 0 Å². The van der Waals surface area contributed by atoms with E-state index in [0.29, 0.717) is 11.5 Å². The molecule has 0 aromatic heterocycles. The molecule has 3 nitrogen and oxygen atoms in total. The van der Waals surface area contributed by atoms with Crippen molar-refractivity contribution in [1.29, 1.82) is 0 Å². The summed E-state index contributed by atoms with van der Waals surface area (Å²) < 4.78 is 11.1. The second kappa shape index (κ2) is 6.38. The molecule has 0 amide bonds. The van der Waals surface area contributed by atoms with E-state index in [0.717, 1.165) is 18.4 Å². The van der Waals surface area contributed by atoms with Crippen molar-refractivity contribution in [3.8, 4) is 11.5 Å². The number of ether oxygens (including phenoxy) is 2. The van der Waals surface area contributed by atoms with Crippen molar-refractivity contribution >= 4 is 0 Å². The maximum Gasteiger partial charge on any atom is 0.167 e. The van der Waals surface area contributed by atoms with E-state index in [-0.39, 0.29) is 12.7 Å². The lowest BCUT2D eigenvalue weighted by atomic mass is 10.1. The Morgan fingerprint density at radius 1 is 1.25 bits per heavy atom. The number of rotatable bonds is 6. The van der Waals surface area contributed by atoms with Crippen LogP contribution in [0.3, 0.4) is 0 Å². The molecule has 16 heavy (non-hydrogen) atoms. The summed E-state index contributed by atoms with van der Waals surface area (Å²) in [7, 11) is 1.61. The minimum absolute atomic E-state index is 0.0350. The SMILES string of the molecule is CCC(CC)Oc1c(CO)cccc1OC. The van der Waals surface area contributed by atoms with Gasteiger partial charge in [-0.05, 0) is 18.9 Å². The van der Waals surface area contributed by atoms with Crippen LogP contribution in [-0.4, -0.2) is 18.3 Å². The normalized spacial score (nSPS) is 10.6. The maximum atomic E-state index is 9.26. The van der Waals surface area contributed by atoms with E-state index in [1.807, 2.05) is 18.2 Å². The first kappa shape index (κ1) is 12.8. The molecule has 0 fully saturated rings. The van der Waals surface area contributed by atoms with Crippen molar-refractivity contribution in [3.63, 3.8) is 0 Å². The molecule has 0 saturated heterocycles. The average Bonchev–Trinajstić information content (AvgIpc) is 2.35. The van der Waals surface area contributed by atoms with Gasteiger partial charge < -0.3 is 14.6 Å². The number of benzene rings is 1. The fourth-order valence-electron chi connectivity index (χ4n) is 1.60. The van der Waals surface area contributed by atoms with Gasteiger partial charge >= 0.3 is 0 Å². The number of aliphatic hydroxyl groups is 1. The lowest BCUT2D eigenvalue weighted by molar-refractivity contribution is 0.177. The molecule has 1 N–H and O–H groups in total. The zero-order chi connectivity index (χ0) is 12.0. The highest BCUT2D eigenvalue weighted by atomic mass is 16.5. The number of methoxy groups -OCH3 is 1. The van der Waals surface area contributed by atoms with E-state index in [9.17, 15) is 5.11 Å². The van der Waals surface area contributed by atoms with Crippen molar-refractivity contribution in [3.05, 3.63) is 23.8 Å². The van der Waals surface area contributed by atoms with Gasteiger partial charge in [0, 0.05) is 5.56 Å². The molecule has 1 aromatic carbocycles. The highest BCUT2D eigenvalue weighted by Gasteiger charge is 2.13. The van der Waals surface area contributed by atoms with E-state index in [2.05, 4.69) is 13.8 Å². The smallest absolute Gasteiger partial charge is 0.167 e. The van der Waals surface area contributed by atoms with Gasteiger partial charge in [-0.15, -0.1) is 0 Å². The Morgan fingerprint density at radius 3 is 2.44 bits per heavy atom. The molecule has 0 aliphatic rings. The topological polar surface area (TPSA) is 38.7 Å². The van der Waals surface area contributed by atoms with Crippen LogP contribution < -0.4 is 9.47 Å². The fraction of sp³-hybridized carbons (Fsp3) is 0.538. The molecule has 0 saturated carbocycles. The molecule has 0 unspecified atom stereocenters. The van der Waals surface area contributed by atoms with Crippen LogP contribution in [0.1, 0.15) is 32.3 Å². The summed E-state index contributed by atoms with van der Waals surface area (Å²) in [6, 6.07) is 5.54. The molecular formula is C13H20O3. The predicted molar refractivity (Wildman–Crippen MR) is 63.9 cm³/mol. The Hall–Kier alpha value is -1.22. The first-order chi connectivity index (χ1) is 7.76. The molecule has 0 radical (unpaired) electrons. The second-order valence-electron chi connectivity index (χ2n) is 3.66. The third-order valence-corrected chi connectivity index (χ3v) is 2.65. The zero-order valence-corrected chi connectivity index (χ0v) is 10.2. The molecule has 0 aliphatic heterocycles. The molecule has 3 heteroatoms. The van der Waals surface area contributed by atoms with Gasteiger partial charge in [-0.1, -0.05) is 26.0 Å². The standard InChI is InChI=1S/C13H20O3/c1-4-11(5-2)16-13-10(9-14)7-6-8-12(13)15-3/h6-8,11,14H,4-5,9H2,1-3H3. The predicted octanol–water partition coefficient (Wildman–Crippen LogP) is 2.75. The van der Waals surface area contributed by atoms with Gasteiger partial charge in [-0.2, -0.15) is 0 Å². The average molecular weight is 224 g/mol. The lowest BCUT2D eigenvalue weighted by Gasteiger charge is -2.19. The van der Waals surface area contributed by atoms with Crippen LogP contribution in [-0.2, 0) is 6.61 Å². The Bertz CT molecular complexity index is 297. The van der Waals surface area contributed by atoms with Crippen LogP contribution in [0.4, 0.5) is 0 Å². The first-order valence-electron chi connectivity index (χ1n) is 5.70. The van der Waals surface area contributed by atoms with Crippen molar-refractivity contribution in [2.75, 3.05) is 7.11 Å². The van der Waals surface area contributed by atoms with Gasteiger partial charge in [-0.3, -0.25) is 0 Å². The quantitative estimate of drug-likeness (QED) is 0.807. The number of para-hydroxylation sites is 1. The van der Waals surface area contributed by atoms with E-state index in [1.165, 1.54) is 0 Å². The zero-order valence-electron chi connectivity index (χ0n) is 10.2. The summed E-state index contributed by atoms with van der Waals surface area (Å²) in [6.45, 7) is 4.14. The van der Waals surface area contributed by atoms with Crippen molar-refractivity contribution in [2.24, 2.45) is 0 Å². The second-order valence-corrected chi connectivity index (χ2v) is 3.66. The first-order valence-corrected chi connectivity index (χ1v) is 5.70. The lowest BCUT2D eigenvalue weighted by Crippen LogP contribution is -2.15. The molecule has 90 valence electrons. The largest absolute Gasteiger partial charge is 0.493 e. The van der Waals surface area contributed by atoms with Gasteiger partial charge in [0.2, 0.25) is 0 Å².